The molecule has 5 heteroatoms. The topological polar surface area (TPSA) is 25.8 Å². The van der Waals surface area contributed by atoms with Crippen molar-refractivity contribution in [1.82, 2.24) is 10.2 Å². The Kier molecular flexibility index (Phi) is 3.10. The summed E-state index contributed by atoms with van der Waals surface area (Å²) in [5.74, 6) is 0.437. The zero-order chi connectivity index (χ0) is 9.80. The van der Waals surface area contributed by atoms with Crippen molar-refractivity contribution in [1.29, 1.82) is 0 Å². The Morgan fingerprint density at radius 3 is 2.93 bits per heavy atom. The molecule has 0 radical (unpaired) electrons. The van der Waals surface area contributed by atoms with Gasteiger partial charge in [-0.2, -0.15) is 0 Å². The van der Waals surface area contributed by atoms with Gasteiger partial charge in [-0.05, 0) is 11.6 Å². The zero-order valence-electron chi connectivity index (χ0n) is 7.18. The van der Waals surface area contributed by atoms with Gasteiger partial charge in [0.2, 0.25) is 0 Å². The predicted octanol–water partition coefficient (Wildman–Crippen LogP) is 2.97. The highest BCUT2D eigenvalue weighted by Gasteiger charge is 2.03. The Hall–Kier alpha value is -0.940. The molecular formula is C9H7FN2S2. The average molecular weight is 226 g/mol. The lowest BCUT2D eigenvalue weighted by atomic mass is 10.2. The first kappa shape index (κ1) is 9.61. The minimum Gasteiger partial charge on any atom is -0.207 e. The van der Waals surface area contributed by atoms with Crippen molar-refractivity contribution in [3.63, 3.8) is 0 Å². The SMILES string of the molecule is Fc1ccccc1CSc1nncs1. The summed E-state index contributed by atoms with van der Waals surface area (Å²) in [7, 11) is 0. The van der Waals surface area contributed by atoms with Crippen LogP contribution in [-0.4, -0.2) is 10.2 Å². The van der Waals surface area contributed by atoms with Gasteiger partial charge >= 0.3 is 0 Å². The number of thioether (sulfide) groups is 1. The van der Waals surface area contributed by atoms with Crippen molar-refractivity contribution in [3.05, 3.63) is 41.2 Å². The van der Waals surface area contributed by atoms with Crippen LogP contribution in [0, 0.1) is 5.82 Å². The van der Waals surface area contributed by atoms with E-state index in [9.17, 15) is 4.39 Å². The predicted molar refractivity (Wildman–Crippen MR) is 55.9 cm³/mol. The van der Waals surface area contributed by atoms with Gasteiger partial charge in [0.15, 0.2) is 4.34 Å². The molecule has 0 bridgehead atoms. The van der Waals surface area contributed by atoms with Crippen molar-refractivity contribution >= 4 is 23.1 Å². The smallest absolute Gasteiger partial charge is 0.174 e. The van der Waals surface area contributed by atoms with E-state index < -0.39 is 0 Å². The van der Waals surface area contributed by atoms with Gasteiger partial charge in [0.1, 0.15) is 11.3 Å². The second-order valence-electron chi connectivity index (χ2n) is 2.58. The number of nitrogens with zero attached hydrogens (tertiary/aromatic N) is 2. The summed E-state index contributed by atoms with van der Waals surface area (Å²) in [6, 6.07) is 6.77. The molecule has 0 saturated carbocycles. The molecule has 0 aliphatic heterocycles. The highest BCUT2D eigenvalue weighted by molar-refractivity contribution is 8.00. The summed E-state index contributed by atoms with van der Waals surface area (Å²) in [4.78, 5) is 0. The highest BCUT2D eigenvalue weighted by Crippen LogP contribution is 2.24. The second kappa shape index (κ2) is 4.52. The fourth-order valence-electron chi connectivity index (χ4n) is 0.981. The summed E-state index contributed by atoms with van der Waals surface area (Å²) in [5.41, 5.74) is 2.37. The minimum atomic E-state index is -0.162. The maximum atomic E-state index is 13.2. The Labute approximate surface area is 89.2 Å². The van der Waals surface area contributed by atoms with Gasteiger partial charge in [0.05, 0.1) is 0 Å². The lowest BCUT2D eigenvalue weighted by molar-refractivity contribution is 0.617. The molecule has 1 heterocycles. The first-order valence-electron chi connectivity index (χ1n) is 3.98. The van der Waals surface area contributed by atoms with E-state index in [1.807, 2.05) is 6.07 Å². The molecular weight excluding hydrogens is 219 g/mol. The van der Waals surface area contributed by atoms with Gasteiger partial charge in [-0.25, -0.2) is 4.39 Å². The summed E-state index contributed by atoms with van der Waals surface area (Å²) in [6.45, 7) is 0. The first-order valence-corrected chi connectivity index (χ1v) is 5.85. The molecule has 2 rings (SSSR count). The molecule has 2 nitrogen and oxygen atoms in total. The monoisotopic (exact) mass is 226 g/mol. The normalized spacial score (nSPS) is 10.4. The molecule has 0 fully saturated rings. The molecule has 0 atom stereocenters. The van der Waals surface area contributed by atoms with E-state index in [1.54, 1.807) is 17.6 Å². The van der Waals surface area contributed by atoms with Gasteiger partial charge in [-0.15, -0.1) is 10.2 Å². The van der Waals surface area contributed by atoms with E-state index in [0.717, 1.165) is 4.34 Å². The third-order valence-corrected chi connectivity index (χ3v) is 3.56. The van der Waals surface area contributed by atoms with Crippen LogP contribution < -0.4 is 0 Å². The largest absolute Gasteiger partial charge is 0.207 e. The van der Waals surface area contributed by atoms with Crippen molar-refractivity contribution in [2.75, 3.05) is 0 Å². The van der Waals surface area contributed by atoms with E-state index in [4.69, 9.17) is 0 Å². The Morgan fingerprint density at radius 1 is 1.36 bits per heavy atom. The standard InChI is InChI=1S/C9H7FN2S2/c10-8-4-2-1-3-7(8)5-13-9-12-11-6-14-9/h1-4,6H,5H2. The van der Waals surface area contributed by atoms with Gasteiger partial charge in [-0.3, -0.25) is 0 Å². The average Bonchev–Trinajstić information content (AvgIpc) is 2.69. The molecule has 0 aliphatic rings. The molecule has 1 aromatic carbocycles. The van der Waals surface area contributed by atoms with Gasteiger partial charge < -0.3 is 0 Å². The Balaban J connectivity index is 2.02. The van der Waals surface area contributed by atoms with Crippen LogP contribution in [0.1, 0.15) is 5.56 Å². The number of benzene rings is 1. The van der Waals surface area contributed by atoms with Crippen LogP contribution >= 0.6 is 23.1 Å². The molecule has 0 aliphatic carbocycles. The maximum absolute atomic E-state index is 13.2. The van der Waals surface area contributed by atoms with Gasteiger partial charge in [-0.1, -0.05) is 41.3 Å². The molecule has 14 heavy (non-hydrogen) atoms. The van der Waals surface area contributed by atoms with Crippen molar-refractivity contribution < 1.29 is 4.39 Å². The van der Waals surface area contributed by atoms with Crippen LogP contribution in [0.25, 0.3) is 0 Å². The number of rotatable bonds is 3. The number of halogens is 1. The number of hydrogen-bond acceptors (Lipinski definition) is 4. The molecule has 0 saturated heterocycles. The molecule has 1 aromatic heterocycles. The highest BCUT2D eigenvalue weighted by atomic mass is 32.2. The molecule has 72 valence electrons. The number of aromatic nitrogens is 2. The van der Waals surface area contributed by atoms with Crippen molar-refractivity contribution in [2.45, 2.75) is 10.1 Å². The Bertz CT molecular complexity index is 403. The quantitative estimate of drug-likeness (QED) is 0.752. The third kappa shape index (κ3) is 2.30. The molecule has 0 spiro atoms. The van der Waals surface area contributed by atoms with E-state index >= 15 is 0 Å². The second-order valence-corrected chi connectivity index (χ2v) is 4.64. The Morgan fingerprint density at radius 2 is 2.21 bits per heavy atom. The minimum absolute atomic E-state index is 0.162. The number of hydrogen-bond donors (Lipinski definition) is 0. The maximum Gasteiger partial charge on any atom is 0.174 e. The molecule has 0 unspecified atom stereocenters. The molecule has 2 aromatic rings. The van der Waals surface area contributed by atoms with Crippen LogP contribution in [-0.2, 0) is 5.75 Å². The van der Waals surface area contributed by atoms with Crippen LogP contribution in [0.3, 0.4) is 0 Å². The van der Waals surface area contributed by atoms with E-state index in [2.05, 4.69) is 10.2 Å². The molecule has 0 amide bonds. The van der Waals surface area contributed by atoms with Gasteiger partial charge in [0, 0.05) is 5.75 Å². The van der Waals surface area contributed by atoms with E-state index in [0.29, 0.717) is 11.3 Å². The summed E-state index contributed by atoms with van der Waals surface area (Å²) in [6.07, 6.45) is 0. The van der Waals surface area contributed by atoms with Crippen LogP contribution in [0.15, 0.2) is 34.1 Å². The van der Waals surface area contributed by atoms with Crippen LogP contribution in [0.5, 0.6) is 0 Å². The fraction of sp³-hybridized carbons (Fsp3) is 0.111. The summed E-state index contributed by atoms with van der Waals surface area (Å²) in [5, 5.41) is 7.58. The van der Waals surface area contributed by atoms with Crippen molar-refractivity contribution in [3.8, 4) is 0 Å². The lowest BCUT2D eigenvalue weighted by Gasteiger charge is -1.99. The zero-order valence-corrected chi connectivity index (χ0v) is 8.82. The lowest BCUT2D eigenvalue weighted by Crippen LogP contribution is -1.85. The first-order chi connectivity index (χ1) is 6.86. The summed E-state index contributed by atoms with van der Waals surface area (Å²) >= 11 is 2.97. The van der Waals surface area contributed by atoms with Crippen LogP contribution in [0.4, 0.5) is 4.39 Å². The van der Waals surface area contributed by atoms with Gasteiger partial charge in [0.25, 0.3) is 0 Å². The fourth-order valence-corrected chi connectivity index (χ4v) is 2.46. The third-order valence-electron chi connectivity index (χ3n) is 1.65. The van der Waals surface area contributed by atoms with E-state index in [-0.39, 0.29) is 5.82 Å². The van der Waals surface area contributed by atoms with Crippen molar-refractivity contribution in [2.24, 2.45) is 0 Å². The van der Waals surface area contributed by atoms with Crippen LogP contribution in [0.2, 0.25) is 0 Å². The molecule has 0 N–H and O–H groups in total. The van der Waals surface area contributed by atoms with E-state index in [1.165, 1.54) is 29.2 Å². The summed E-state index contributed by atoms with van der Waals surface area (Å²) < 4.78 is 14.0.